The van der Waals surface area contributed by atoms with Crippen LogP contribution in [0, 0.1) is 6.92 Å². The monoisotopic (exact) mass is 278 g/mol. The lowest BCUT2D eigenvalue weighted by Gasteiger charge is -2.10. The normalized spacial score (nSPS) is 11.5. The first-order chi connectivity index (χ1) is 10.2. The molecule has 0 aliphatic heterocycles. The predicted molar refractivity (Wildman–Crippen MR) is 82.3 cm³/mol. The van der Waals surface area contributed by atoms with Crippen LogP contribution in [0.25, 0.3) is 27.6 Å². The summed E-state index contributed by atoms with van der Waals surface area (Å²) in [4.78, 5) is 8.68. The average molecular weight is 278 g/mol. The fourth-order valence-corrected chi connectivity index (χ4v) is 2.82. The summed E-state index contributed by atoms with van der Waals surface area (Å²) in [7, 11) is 1.90. The number of hydrogen-bond donors (Lipinski definition) is 1. The second kappa shape index (κ2) is 4.05. The summed E-state index contributed by atoms with van der Waals surface area (Å²) >= 11 is 0. The fraction of sp³-hybridized carbons (Fsp3) is 0.133. The highest BCUT2D eigenvalue weighted by Crippen LogP contribution is 2.29. The minimum absolute atomic E-state index is 0.456. The van der Waals surface area contributed by atoms with Crippen LogP contribution in [0.2, 0.25) is 0 Å². The third-order valence-corrected chi connectivity index (χ3v) is 3.73. The summed E-state index contributed by atoms with van der Waals surface area (Å²) in [5.74, 6) is 0.456. The van der Waals surface area contributed by atoms with E-state index in [0.717, 1.165) is 33.3 Å². The van der Waals surface area contributed by atoms with Gasteiger partial charge >= 0.3 is 0 Å². The molecule has 0 saturated carbocycles. The number of hydrogen-bond acceptors (Lipinski definition) is 4. The molecule has 0 bridgehead atoms. The quantitative estimate of drug-likeness (QED) is 0.579. The minimum Gasteiger partial charge on any atom is -0.369 e. The zero-order valence-corrected chi connectivity index (χ0v) is 11.8. The molecule has 1 aromatic carbocycles. The minimum atomic E-state index is 0.456. The Bertz CT molecular complexity index is 973. The fourth-order valence-electron chi connectivity index (χ4n) is 2.82. The highest BCUT2D eigenvalue weighted by molar-refractivity contribution is 5.92. The molecular formula is C15H14N6. The molecule has 0 atom stereocenters. The molecule has 0 saturated heterocycles. The van der Waals surface area contributed by atoms with E-state index in [0.29, 0.717) is 5.95 Å². The van der Waals surface area contributed by atoms with Gasteiger partial charge < -0.3 is 5.73 Å². The lowest BCUT2D eigenvalue weighted by atomic mass is 10.1. The van der Waals surface area contributed by atoms with Gasteiger partial charge in [-0.15, -0.1) is 0 Å². The van der Waals surface area contributed by atoms with Gasteiger partial charge in [0, 0.05) is 24.8 Å². The molecule has 0 amide bonds. The summed E-state index contributed by atoms with van der Waals surface area (Å²) in [5, 5.41) is 6.57. The Morgan fingerprint density at radius 2 is 2.05 bits per heavy atom. The van der Waals surface area contributed by atoms with Gasteiger partial charge in [-0.05, 0) is 24.4 Å². The number of anilines is 1. The van der Waals surface area contributed by atoms with Gasteiger partial charge in [-0.25, -0.2) is 9.67 Å². The third kappa shape index (κ3) is 1.56. The molecule has 4 rings (SSSR count). The van der Waals surface area contributed by atoms with Gasteiger partial charge in [0.15, 0.2) is 5.65 Å². The Morgan fingerprint density at radius 3 is 2.90 bits per heavy atom. The second-order valence-corrected chi connectivity index (χ2v) is 5.06. The van der Waals surface area contributed by atoms with Crippen molar-refractivity contribution in [3.05, 3.63) is 42.4 Å². The first-order valence-electron chi connectivity index (χ1n) is 6.67. The van der Waals surface area contributed by atoms with E-state index in [2.05, 4.69) is 21.1 Å². The maximum atomic E-state index is 6.15. The molecule has 2 N–H and O–H groups in total. The molecule has 0 radical (unpaired) electrons. The SMILES string of the molecule is Cc1nn(C)c2c1nc(N)n2-c1cccc2ccncc12. The van der Waals surface area contributed by atoms with E-state index in [4.69, 9.17) is 5.73 Å². The van der Waals surface area contributed by atoms with Crippen molar-refractivity contribution in [2.45, 2.75) is 6.92 Å². The summed E-state index contributed by atoms with van der Waals surface area (Å²) < 4.78 is 3.74. The van der Waals surface area contributed by atoms with Crippen LogP contribution in [0.5, 0.6) is 0 Å². The molecule has 0 fully saturated rings. The van der Waals surface area contributed by atoms with Gasteiger partial charge in [-0.3, -0.25) is 9.55 Å². The van der Waals surface area contributed by atoms with Crippen molar-refractivity contribution in [1.82, 2.24) is 24.3 Å². The van der Waals surface area contributed by atoms with Crippen LogP contribution in [0.4, 0.5) is 5.95 Å². The lowest BCUT2D eigenvalue weighted by Crippen LogP contribution is -2.05. The smallest absolute Gasteiger partial charge is 0.207 e. The van der Waals surface area contributed by atoms with Crippen molar-refractivity contribution < 1.29 is 0 Å². The molecule has 6 nitrogen and oxygen atoms in total. The molecular weight excluding hydrogens is 264 g/mol. The Kier molecular flexibility index (Phi) is 2.29. The Hall–Kier alpha value is -2.89. The van der Waals surface area contributed by atoms with Crippen molar-refractivity contribution in [3.63, 3.8) is 0 Å². The summed E-state index contributed by atoms with van der Waals surface area (Å²) in [6.07, 6.45) is 3.63. The molecule has 21 heavy (non-hydrogen) atoms. The van der Waals surface area contributed by atoms with Crippen LogP contribution in [-0.2, 0) is 7.05 Å². The van der Waals surface area contributed by atoms with E-state index in [1.807, 2.05) is 47.6 Å². The summed E-state index contributed by atoms with van der Waals surface area (Å²) in [6.45, 7) is 1.93. The third-order valence-electron chi connectivity index (χ3n) is 3.73. The number of aromatic nitrogens is 5. The molecule has 3 aromatic heterocycles. The van der Waals surface area contributed by atoms with Gasteiger partial charge in [0.05, 0.1) is 11.4 Å². The van der Waals surface area contributed by atoms with Gasteiger partial charge in [-0.2, -0.15) is 5.10 Å². The largest absolute Gasteiger partial charge is 0.369 e. The molecule has 0 unspecified atom stereocenters. The zero-order valence-electron chi connectivity index (χ0n) is 11.8. The van der Waals surface area contributed by atoms with E-state index < -0.39 is 0 Å². The maximum absolute atomic E-state index is 6.15. The number of nitrogen functional groups attached to an aromatic ring is 1. The molecule has 3 heterocycles. The van der Waals surface area contributed by atoms with Crippen LogP contribution in [-0.4, -0.2) is 24.3 Å². The Balaban J connectivity index is 2.16. The number of fused-ring (bicyclic) bond motifs is 2. The van der Waals surface area contributed by atoms with Gasteiger partial charge in [0.1, 0.15) is 5.52 Å². The zero-order chi connectivity index (χ0) is 14.6. The number of benzene rings is 1. The highest BCUT2D eigenvalue weighted by Gasteiger charge is 2.18. The van der Waals surface area contributed by atoms with Crippen LogP contribution in [0.15, 0.2) is 36.7 Å². The maximum Gasteiger partial charge on any atom is 0.207 e. The summed E-state index contributed by atoms with van der Waals surface area (Å²) in [6, 6.07) is 8.06. The molecule has 0 aliphatic carbocycles. The Morgan fingerprint density at radius 1 is 1.19 bits per heavy atom. The van der Waals surface area contributed by atoms with E-state index in [9.17, 15) is 0 Å². The van der Waals surface area contributed by atoms with E-state index in [1.165, 1.54) is 0 Å². The number of aryl methyl sites for hydroxylation is 2. The van der Waals surface area contributed by atoms with E-state index in [-0.39, 0.29) is 0 Å². The molecule has 6 heteroatoms. The average Bonchev–Trinajstić information content (AvgIpc) is 2.96. The van der Waals surface area contributed by atoms with Crippen molar-refractivity contribution in [2.24, 2.45) is 7.05 Å². The number of nitrogens with two attached hydrogens (primary N) is 1. The lowest BCUT2D eigenvalue weighted by molar-refractivity contribution is 0.763. The van der Waals surface area contributed by atoms with Crippen LogP contribution < -0.4 is 5.73 Å². The number of imidazole rings is 1. The number of rotatable bonds is 1. The molecule has 4 aromatic rings. The second-order valence-electron chi connectivity index (χ2n) is 5.06. The highest BCUT2D eigenvalue weighted by atomic mass is 15.3. The number of nitrogens with zero attached hydrogens (tertiary/aromatic N) is 5. The molecule has 104 valence electrons. The van der Waals surface area contributed by atoms with E-state index >= 15 is 0 Å². The van der Waals surface area contributed by atoms with Crippen LogP contribution in [0.3, 0.4) is 0 Å². The van der Waals surface area contributed by atoms with Gasteiger partial charge in [-0.1, -0.05) is 12.1 Å². The van der Waals surface area contributed by atoms with Gasteiger partial charge in [0.2, 0.25) is 5.95 Å². The van der Waals surface area contributed by atoms with E-state index in [1.54, 1.807) is 6.20 Å². The molecule has 0 spiro atoms. The first-order valence-corrected chi connectivity index (χ1v) is 6.67. The standard InChI is InChI=1S/C15H14N6/c1-9-13-14(20(2)19-9)21(15(16)18-13)12-5-3-4-10-6-7-17-8-11(10)12/h3-8H,1-2H3,(H2,16,18). The van der Waals surface area contributed by atoms with Crippen LogP contribution >= 0.6 is 0 Å². The predicted octanol–water partition coefficient (Wildman–Crippen LogP) is 2.20. The molecule has 0 aliphatic rings. The van der Waals surface area contributed by atoms with Crippen molar-refractivity contribution in [3.8, 4) is 5.69 Å². The number of pyridine rings is 1. The van der Waals surface area contributed by atoms with Crippen molar-refractivity contribution >= 4 is 27.9 Å². The van der Waals surface area contributed by atoms with Crippen molar-refractivity contribution in [1.29, 1.82) is 0 Å². The topological polar surface area (TPSA) is 74.6 Å². The summed E-state index contributed by atoms with van der Waals surface area (Å²) in [5.41, 5.74) is 9.70. The van der Waals surface area contributed by atoms with Gasteiger partial charge in [0.25, 0.3) is 0 Å². The van der Waals surface area contributed by atoms with Crippen LogP contribution in [0.1, 0.15) is 5.69 Å². The van der Waals surface area contributed by atoms with Crippen molar-refractivity contribution in [2.75, 3.05) is 5.73 Å². The Labute approximate surface area is 120 Å². The first kappa shape index (κ1) is 11.9.